The van der Waals surface area contributed by atoms with Gasteiger partial charge in [-0.3, -0.25) is 9.59 Å². The molecule has 0 bridgehead atoms. The molecule has 0 aliphatic carbocycles. The molecular formula is C16H18N4O3. The summed E-state index contributed by atoms with van der Waals surface area (Å²) < 4.78 is 4.61. The molecule has 23 heavy (non-hydrogen) atoms. The number of nitrogens with one attached hydrogen (secondary N) is 1. The molecule has 1 aliphatic rings. The number of hydrogen-bond acceptors (Lipinski definition) is 5. The fourth-order valence-corrected chi connectivity index (χ4v) is 2.77. The number of carbonyl (C=O) groups is 2. The molecule has 7 nitrogen and oxygen atoms in total. The van der Waals surface area contributed by atoms with E-state index in [1.54, 1.807) is 17.9 Å². The first-order chi connectivity index (χ1) is 11.1. The number of carbonyl (C=O) groups excluding carboxylic acids is 2. The molecule has 1 N–H and O–H groups in total. The van der Waals surface area contributed by atoms with Gasteiger partial charge in [-0.15, -0.1) is 0 Å². The smallest absolute Gasteiger partial charge is 0.255 e. The summed E-state index contributed by atoms with van der Waals surface area (Å²) >= 11 is 0. The van der Waals surface area contributed by atoms with Crippen LogP contribution in [0.25, 0.3) is 0 Å². The molecule has 1 aromatic heterocycles. The standard InChI is InChI=1S/C16H18N4O3/c1-3-14(15(21)17-8-13-10(2)18-23-19-13)20-9-11-6-4-5-7-12(11)16(20)22/h4-7,14H,3,8-9H2,1-2H3,(H,17,21)/t14-/m1/s1. The van der Waals surface area contributed by atoms with Gasteiger partial charge >= 0.3 is 0 Å². The normalized spacial score (nSPS) is 14.7. The quantitative estimate of drug-likeness (QED) is 0.902. The maximum Gasteiger partial charge on any atom is 0.255 e. The number of benzene rings is 1. The number of nitrogens with zero attached hydrogens (tertiary/aromatic N) is 3. The highest BCUT2D eigenvalue weighted by Gasteiger charge is 2.35. The highest BCUT2D eigenvalue weighted by molar-refractivity contribution is 6.01. The zero-order valence-electron chi connectivity index (χ0n) is 13.1. The van der Waals surface area contributed by atoms with E-state index >= 15 is 0 Å². The average Bonchev–Trinajstić information content (AvgIpc) is 3.11. The topological polar surface area (TPSA) is 88.3 Å². The van der Waals surface area contributed by atoms with Crippen molar-refractivity contribution in [3.63, 3.8) is 0 Å². The van der Waals surface area contributed by atoms with E-state index in [9.17, 15) is 9.59 Å². The van der Waals surface area contributed by atoms with Crippen molar-refractivity contribution in [1.82, 2.24) is 20.5 Å². The van der Waals surface area contributed by atoms with Crippen LogP contribution >= 0.6 is 0 Å². The van der Waals surface area contributed by atoms with Gasteiger partial charge in [-0.05, 0) is 25.0 Å². The molecule has 0 radical (unpaired) electrons. The summed E-state index contributed by atoms with van der Waals surface area (Å²) in [6, 6.07) is 6.95. The third-order valence-electron chi connectivity index (χ3n) is 4.09. The van der Waals surface area contributed by atoms with E-state index in [0.29, 0.717) is 29.9 Å². The maximum absolute atomic E-state index is 12.5. The number of hydrogen-bond donors (Lipinski definition) is 1. The SMILES string of the molecule is CC[C@H](C(=O)NCc1nonc1C)N1Cc2ccccc2C1=O. The van der Waals surface area contributed by atoms with Crippen molar-refractivity contribution in [3.05, 3.63) is 46.8 Å². The summed E-state index contributed by atoms with van der Waals surface area (Å²) in [5.74, 6) is -0.294. The molecule has 2 aromatic rings. The second-order valence-corrected chi connectivity index (χ2v) is 5.53. The fourth-order valence-electron chi connectivity index (χ4n) is 2.77. The second kappa shape index (κ2) is 6.20. The summed E-state index contributed by atoms with van der Waals surface area (Å²) in [4.78, 5) is 26.6. The highest BCUT2D eigenvalue weighted by atomic mass is 16.6. The van der Waals surface area contributed by atoms with Crippen LogP contribution in [0.3, 0.4) is 0 Å². The van der Waals surface area contributed by atoms with E-state index in [0.717, 1.165) is 5.56 Å². The lowest BCUT2D eigenvalue weighted by molar-refractivity contribution is -0.126. The molecule has 3 rings (SSSR count). The lowest BCUT2D eigenvalue weighted by atomic mass is 10.1. The van der Waals surface area contributed by atoms with E-state index in [1.165, 1.54) is 0 Å². The Bertz CT molecular complexity index is 740. The first kappa shape index (κ1) is 15.2. The van der Waals surface area contributed by atoms with Gasteiger partial charge in [0.2, 0.25) is 5.91 Å². The average molecular weight is 314 g/mol. The summed E-state index contributed by atoms with van der Waals surface area (Å²) in [5.41, 5.74) is 2.86. The lowest BCUT2D eigenvalue weighted by Crippen LogP contribution is -2.46. The number of aryl methyl sites for hydroxylation is 1. The Labute approximate surface area is 133 Å². The van der Waals surface area contributed by atoms with Crippen LogP contribution in [-0.4, -0.2) is 33.1 Å². The first-order valence-corrected chi connectivity index (χ1v) is 7.56. The van der Waals surface area contributed by atoms with Crippen molar-refractivity contribution in [2.24, 2.45) is 0 Å². The monoisotopic (exact) mass is 314 g/mol. The van der Waals surface area contributed by atoms with Crippen LogP contribution in [0.4, 0.5) is 0 Å². The molecule has 0 saturated carbocycles. The molecule has 1 aromatic carbocycles. The van der Waals surface area contributed by atoms with Crippen molar-refractivity contribution >= 4 is 11.8 Å². The molecule has 0 fully saturated rings. The van der Waals surface area contributed by atoms with Crippen LogP contribution < -0.4 is 5.32 Å². The Hall–Kier alpha value is -2.70. The van der Waals surface area contributed by atoms with Gasteiger partial charge in [-0.1, -0.05) is 35.4 Å². The predicted octanol–water partition coefficient (Wildman–Crippen LogP) is 1.43. The fraction of sp³-hybridized carbons (Fsp3) is 0.375. The second-order valence-electron chi connectivity index (χ2n) is 5.53. The van der Waals surface area contributed by atoms with E-state index in [4.69, 9.17) is 0 Å². The summed E-state index contributed by atoms with van der Waals surface area (Å²) in [7, 11) is 0. The van der Waals surface area contributed by atoms with E-state index in [2.05, 4.69) is 20.3 Å². The maximum atomic E-state index is 12.5. The third-order valence-corrected chi connectivity index (χ3v) is 4.09. The highest BCUT2D eigenvalue weighted by Crippen LogP contribution is 2.25. The predicted molar refractivity (Wildman–Crippen MR) is 81.3 cm³/mol. The zero-order chi connectivity index (χ0) is 16.4. The Balaban J connectivity index is 1.69. The molecule has 2 amide bonds. The van der Waals surface area contributed by atoms with Gasteiger partial charge in [-0.25, -0.2) is 4.63 Å². The van der Waals surface area contributed by atoms with Gasteiger partial charge in [0.15, 0.2) is 0 Å². The van der Waals surface area contributed by atoms with Crippen molar-refractivity contribution in [1.29, 1.82) is 0 Å². The van der Waals surface area contributed by atoms with Gasteiger partial charge in [-0.2, -0.15) is 0 Å². The minimum Gasteiger partial charge on any atom is -0.348 e. The number of fused-ring (bicyclic) bond motifs is 1. The zero-order valence-corrected chi connectivity index (χ0v) is 13.1. The number of rotatable bonds is 5. The molecular weight excluding hydrogens is 296 g/mol. The van der Waals surface area contributed by atoms with Crippen LogP contribution in [0, 0.1) is 6.92 Å². The van der Waals surface area contributed by atoms with Crippen LogP contribution in [0.2, 0.25) is 0 Å². The molecule has 2 heterocycles. The summed E-state index contributed by atoms with van der Waals surface area (Å²) in [6.07, 6.45) is 0.543. The van der Waals surface area contributed by atoms with Crippen LogP contribution in [0.1, 0.15) is 40.7 Å². The van der Waals surface area contributed by atoms with Gasteiger partial charge in [0, 0.05) is 12.1 Å². The molecule has 0 spiro atoms. The number of amides is 2. The van der Waals surface area contributed by atoms with E-state index in [-0.39, 0.29) is 18.4 Å². The molecule has 1 aliphatic heterocycles. The van der Waals surface area contributed by atoms with E-state index in [1.807, 2.05) is 25.1 Å². The third kappa shape index (κ3) is 2.81. The van der Waals surface area contributed by atoms with Crippen molar-refractivity contribution in [2.45, 2.75) is 39.4 Å². The Morgan fingerprint density at radius 1 is 1.39 bits per heavy atom. The van der Waals surface area contributed by atoms with Crippen LogP contribution in [-0.2, 0) is 17.9 Å². The van der Waals surface area contributed by atoms with E-state index < -0.39 is 6.04 Å². The molecule has 1 atom stereocenters. The lowest BCUT2D eigenvalue weighted by Gasteiger charge is -2.25. The van der Waals surface area contributed by atoms with Gasteiger partial charge in [0.25, 0.3) is 5.91 Å². The van der Waals surface area contributed by atoms with Gasteiger partial charge in [0.1, 0.15) is 17.4 Å². The van der Waals surface area contributed by atoms with Crippen LogP contribution in [0.15, 0.2) is 28.9 Å². The number of aromatic nitrogens is 2. The first-order valence-electron chi connectivity index (χ1n) is 7.56. The Morgan fingerprint density at radius 2 is 2.17 bits per heavy atom. The Morgan fingerprint density at radius 3 is 2.83 bits per heavy atom. The summed E-state index contributed by atoms with van der Waals surface area (Å²) in [6.45, 7) is 4.35. The van der Waals surface area contributed by atoms with Gasteiger partial charge < -0.3 is 10.2 Å². The summed E-state index contributed by atoms with van der Waals surface area (Å²) in [5, 5.41) is 10.2. The minimum absolute atomic E-state index is 0.0955. The van der Waals surface area contributed by atoms with Crippen molar-refractivity contribution in [3.8, 4) is 0 Å². The van der Waals surface area contributed by atoms with Crippen LogP contribution in [0.5, 0.6) is 0 Å². The largest absolute Gasteiger partial charge is 0.348 e. The van der Waals surface area contributed by atoms with Gasteiger partial charge in [0.05, 0.1) is 6.54 Å². The Kier molecular flexibility index (Phi) is 4.10. The van der Waals surface area contributed by atoms with Crippen molar-refractivity contribution in [2.75, 3.05) is 0 Å². The molecule has 0 unspecified atom stereocenters. The minimum atomic E-state index is -0.505. The van der Waals surface area contributed by atoms with Crippen molar-refractivity contribution < 1.29 is 14.2 Å². The molecule has 0 saturated heterocycles. The molecule has 120 valence electrons. The molecule has 7 heteroatoms.